The maximum absolute atomic E-state index is 12.3. The second-order valence-corrected chi connectivity index (χ2v) is 6.66. The molecule has 0 saturated carbocycles. The highest BCUT2D eigenvalue weighted by Gasteiger charge is 2.21. The molecule has 0 bridgehead atoms. The lowest BCUT2D eigenvalue weighted by molar-refractivity contribution is -0.116. The van der Waals surface area contributed by atoms with E-state index in [1.807, 2.05) is 35.0 Å². The number of anilines is 1. The fourth-order valence-corrected chi connectivity index (χ4v) is 3.27. The second-order valence-electron chi connectivity index (χ2n) is 5.74. The fraction of sp³-hybridized carbons (Fsp3) is 0.312. The van der Waals surface area contributed by atoms with Gasteiger partial charge in [-0.05, 0) is 37.1 Å². The number of ether oxygens (including phenoxy) is 1. The summed E-state index contributed by atoms with van der Waals surface area (Å²) in [5.74, 6) is 0.775. The first-order valence-corrected chi connectivity index (χ1v) is 8.56. The maximum atomic E-state index is 12.3. The van der Waals surface area contributed by atoms with Gasteiger partial charge < -0.3 is 9.30 Å². The van der Waals surface area contributed by atoms with E-state index in [-0.39, 0.29) is 24.5 Å². The lowest BCUT2D eigenvalue weighted by Gasteiger charge is -2.05. The molecule has 1 amide bonds. The Morgan fingerprint density at radius 2 is 2.38 bits per heavy atom. The number of hydrogen-bond acceptors (Lipinski definition) is 4. The molecule has 8 heteroatoms. The number of aromatic amines is 1. The number of halogens is 1. The van der Waals surface area contributed by atoms with Gasteiger partial charge in [-0.3, -0.25) is 15.2 Å². The van der Waals surface area contributed by atoms with Crippen molar-refractivity contribution in [3.05, 3.63) is 40.8 Å². The van der Waals surface area contributed by atoms with Crippen LogP contribution in [0.15, 0.2) is 34.9 Å². The van der Waals surface area contributed by atoms with E-state index in [0.717, 1.165) is 34.8 Å². The van der Waals surface area contributed by atoms with Gasteiger partial charge in [0, 0.05) is 28.2 Å². The number of nitrogens with one attached hydrogen (secondary N) is 2. The van der Waals surface area contributed by atoms with Gasteiger partial charge in [0.2, 0.25) is 11.9 Å². The normalized spacial score (nSPS) is 17.5. The first-order valence-electron chi connectivity index (χ1n) is 7.77. The van der Waals surface area contributed by atoms with E-state index in [2.05, 4.69) is 36.4 Å². The molecule has 3 aromatic rings. The molecule has 0 aliphatic carbocycles. The van der Waals surface area contributed by atoms with Gasteiger partial charge in [0.15, 0.2) is 5.82 Å². The predicted octanol–water partition coefficient (Wildman–Crippen LogP) is 3.01. The zero-order valence-electron chi connectivity index (χ0n) is 12.8. The van der Waals surface area contributed by atoms with E-state index >= 15 is 0 Å². The number of rotatable bonds is 4. The average molecular weight is 390 g/mol. The number of carbonyl (C=O) groups is 1. The molecular weight excluding hydrogens is 374 g/mol. The Bertz CT molecular complexity index is 882. The first kappa shape index (κ1) is 15.3. The Kier molecular flexibility index (Phi) is 4.07. The third-order valence-corrected chi connectivity index (χ3v) is 4.53. The zero-order chi connectivity index (χ0) is 16.5. The van der Waals surface area contributed by atoms with E-state index in [0.29, 0.717) is 5.82 Å². The SMILES string of the molecule is O=C(Cn1ccc2cc(Br)ccc21)Nc1n[nH]c([C@@H]2CCCO2)n1. The highest BCUT2D eigenvalue weighted by atomic mass is 79.9. The predicted molar refractivity (Wildman–Crippen MR) is 92.6 cm³/mol. The average Bonchev–Trinajstić information content (AvgIpc) is 3.27. The number of hydrogen-bond donors (Lipinski definition) is 2. The minimum atomic E-state index is -0.173. The van der Waals surface area contributed by atoms with Gasteiger partial charge in [0.25, 0.3) is 0 Å². The van der Waals surface area contributed by atoms with Gasteiger partial charge in [-0.15, -0.1) is 5.10 Å². The molecule has 124 valence electrons. The van der Waals surface area contributed by atoms with Gasteiger partial charge in [-0.1, -0.05) is 15.9 Å². The molecule has 1 aliphatic heterocycles. The van der Waals surface area contributed by atoms with Gasteiger partial charge in [0.1, 0.15) is 12.6 Å². The van der Waals surface area contributed by atoms with Crippen LogP contribution >= 0.6 is 15.9 Å². The van der Waals surface area contributed by atoms with Crippen molar-refractivity contribution in [2.45, 2.75) is 25.5 Å². The molecule has 24 heavy (non-hydrogen) atoms. The summed E-state index contributed by atoms with van der Waals surface area (Å²) in [6, 6.07) is 7.94. The summed E-state index contributed by atoms with van der Waals surface area (Å²) in [6.45, 7) is 0.943. The zero-order valence-corrected chi connectivity index (χ0v) is 14.4. The summed E-state index contributed by atoms with van der Waals surface area (Å²) in [7, 11) is 0. The summed E-state index contributed by atoms with van der Waals surface area (Å²) in [5, 5.41) is 10.7. The first-order chi connectivity index (χ1) is 11.7. The minimum absolute atomic E-state index is 0.0463. The second kappa shape index (κ2) is 6.37. The van der Waals surface area contributed by atoms with E-state index in [4.69, 9.17) is 4.74 Å². The van der Waals surface area contributed by atoms with Gasteiger partial charge in [-0.25, -0.2) is 0 Å². The summed E-state index contributed by atoms with van der Waals surface area (Å²) in [6.07, 6.45) is 3.79. The van der Waals surface area contributed by atoms with Crippen molar-refractivity contribution < 1.29 is 9.53 Å². The van der Waals surface area contributed by atoms with Gasteiger partial charge in [0.05, 0.1) is 0 Å². The summed E-state index contributed by atoms with van der Waals surface area (Å²) >= 11 is 3.45. The topological polar surface area (TPSA) is 84.8 Å². The molecule has 4 rings (SSSR count). The lowest BCUT2D eigenvalue weighted by Crippen LogP contribution is -2.19. The van der Waals surface area contributed by atoms with Gasteiger partial charge in [-0.2, -0.15) is 4.98 Å². The molecule has 2 aromatic heterocycles. The van der Waals surface area contributed by atoms with E-state index < -0.39 is 0 Å². The molecule has 1 aliphatic rings. The Morgan fingerprint density at radius 1 is 1.46 bits per heavy atom. The highest BCUT2D eigenvalue weighted by Crippen LogP contribution is 2.26. The Morgan fingerprint density at radius 3 is 3.21 bits per heavy atom. The van der Waals surface area contributed by atoms with Crippen LogP contribution in [0.2, 0.25) is 0 Å². The van der Waals surface area contributed by atoms with E-state index in [1.165, 1.54) is 0 Å². The van der Waals surface area contributed by atoms with Crippen molar-refractivity contribution in [3.63, 3.8) is 0 Å². The van der Waals surface area contributed by atoms with Crippen molar-refractivity contribution in [2.24, 2.45) is 0 Å². The largest absolute Gasteiger partial charge is 0.370 e. The number of H-pyrrole nitrogens is 1. The maximum Gasteiger partial charge on any atom is 0.248 e. The Balaban J connectivity index is 1.44. The molecule has 1 aromatic carbocycles. The summed E-state index contributed by atoms with van der Waals surface area (Å²) in [5.41, 5.74) is 1.00. The van der Waals surface area contributed by atoms with Crippen LogP contribution in [-0.2, 0) is 16.1 Å². The van der Waals surface area contributed by atoms with Crippen molar-refractivity contribution in [1.29, 1.82) is 0 Å². The molecule has 1 saturated heterocycles. The molecule has 7 nitrogen and oxygen atoms in total. The molecule has 2 N–H and O–H groups in total. The van der Waals surface area contributed by atoms with Crippen LogP contribution in [0.25, 0.3) is 10.9 Å². The van der Waals surface area contributed by atoms with Crippen LogP contribution in [0.4, 0.5) is 5.95 Å². The summed E-state index contributed by atoms with van der Waals surface area (Å²) < 4.78 is 8.45. The number of benzene rings is 1. The van der Waals surface area contributed by atoms with Crippen molar-refractivity contribution in [1.82, 2.24) is 19.7 Å². The molecular formula is C16H16BrN5O2. The Labute approximate surface area is 146 Å². The number of amides is 1. The van der Waals surface area contributed by atoms with Crippen molar-refractivity contribution in [2.75, 3.05) is 11.9 Å². The third-order valence-electron chi connectivity index (χ3n) is 4.04. The van der Waals surface area contributed by atoms with Crippen LogP contribution in [0.5, 0.6) is 0 Å². The van der Waals surface area contributed by atoms with Crippen LogP contribution < -0.4 is 5.32 Å². The number of fused-ring (bicyclic) bond motifs is 1. The highest BCUT2D eigenvalue weighted by molar-refractivity contribution is 9.10. The van der Waals surface area contributed by atoms with Crippen LogP contribution in [0, 0.1) is 0 Å². The van der Waals surface area contributed by atoms with Crippen LogP contribution in [-0.4, -0.2) is 32.3 Å². The van der Waals surface area contributed by atoms with E-state index in [9.17, 15) is 4.79 Å². The van der Waals surface area contributed by atoms with E-state index in [1.54, 1.807) is 0 Å². The lowest BCUT2D eigenvalue weighted by atomic mass is 10.2. The number of carbonyl (C=O) groups excluding carboxylic acids is 1. The molecule has 0 radical (unpaired) electrons. The molecule has 0 unspecified atom stereocenters. The Hall–Kier alpha value is -2.19. The quantitative estimate of drug-likeness (QED) is 0.717. The molecule has 1 fully saturated rings. The third kappa shape index (κ3) is 3.07. The van der Waals surface area contributed by atoms with Crippen LogP contribution in [0.3, 0.4) is 0 Å². The molecule has 0 spiro atoms. The standard InChI is InChI=1S/C16H16BrN5O2/c17-11-3-4-12-10(8-11)5-6-22(12)9-14(23)18-16-19-15(20-21-16)13-2-1-7-24-13/h3-6,8,13H,1-2,7,9H2,(H2,18,19,20,21,23)/t13-/m0/s1. The molecule has 3 heterocycles. The van der Waals surface area contributed by atoms with Crippen molar-refractivity contribution in [3.8, 4) is 0 Å². The number of nitrogens with zero attached hydrogens (tertiary/aromatic N) is 3. The monoisotopic (exact) mass is 389 g/mol. The fourth-order valence-electron chi connectivity index (χ4n) is 2.90. The van der Waals surface area contributed by atoms with Gasteiger partial charge >= 0.3 is 0 Å². The number of aromatic nitrogens is 4. The minimum Gasteiger partial charge on any atom is -0.370 e. The smallest absolute Gasteiger partial charge is 0.248 e. The molecule has 1 atom stereocenters. The van der Waals surface area contributed by atoms with Crippen molar-refractivity contribution >= 4 is 38.7 Å². The summed E-state index contributed by atoms with van der Waals surface area (Å²) in [4.78, 5) is 16.6. The van der Waals surface area contributed by atoms with Crippen LogP contribution in [0.1, 0.15) is 24.8 Å².